The van der Waals surface area contributed by atoms with Crippen molar-refractivity contribution in [3.8, 4) is 23.0 Å². The number of carbonyl (C=O) groups is 2. The number of rotatable bonds is 9. The van der Waals surface area contributed by atoms with E-state index in [-0.39, 0.29) is 6.54 Å². The van der Waals surface area contributed by atoms with E-state index in [4.69, 9.17) is 18.9 Å². The van der Waals surface area contributed by atoms with Gasteiger partial charge in [0.25, 0.3) is 11.8 Å². The molecule has 0 aliphatic carbocycles. The number of amides is 2. The van der Waals surface area contributed by atoms with E-state index in [2.05, 4.69) is 15.8 Å². The lowest BCUT2D eigenvalue weighted by Gasteiger charge is -2.09. The van der Waals surface area contributed by atoms with Crippen LogP contribution in [0.1, 0.15) is 15.9 Å². The molecule has 0 aliphatic rings. The molecule has 9 nitrogen and oxygen atoms in total. The van der Waals surface area contributed by atoms with Gasteiger partial charge in [0.1, 0.15) is 11.5 Å². The van der Waals surface area contributed by atoms with Crippen molar-refractivity contribution in [2.45, 2.75) is 0 Å². The van der Waals surface area contributed by atoms with Crippen LogP contribution >= 0.6 is 0 Å². The largest absolute Gasteiger partial charge is 0.497 e. The number of benzene rings is 2. The molecule has 2 rings (SSSR count). The molecule has 0 aromatic heterocycles. The van der Waals surface area contributed by atoms with E-state index in [1.165, 1.54) is 27.5 Å². The first-order valence-corrected chi connectivity index (χ1v) is 8.56. The number of hydrogen-bond acceptors (Lipinski definition) is 7. The monoisotopic (exact) mass is 401 g/mol. The van der Waals surface area contributed by atoms with Crippen LogP contribution in [-0.4, -0.2) is 53.0 Å². The van der Waals surface area contributed by atoms with Crippen LogP contribution in [0.3, 0.4) is 0 Å². The first-order valence-electron chi connectivity index (χ1n) is 8.56. The third-order valence-corrected chi connectivity index (χ3v) is 3.83. The molecule has 9 heteroatoms. The fourth-order valence-corrected chi connectivity index (χ4v) is 2.35. The molecular formula is C20H23N3O6. The SMILES string of the molecule is COc1cc(OC)cc(C(=O)NCC(=O)N/N=C/c2ccc(OC)c(OC)c2)c1. The number of ether oxygens (including phenoxy) is 4. The number of hydrogen-bond donors (Lipinski definition) is 2. The van der Waals surface area contributed by atoms with Gasteiger partial charge in [-0.15, -0.1) is 0 Å². The van der Waals surface area contributed by atoms with Gasteiger partial charge in [-0.1, -0.05) is 0 Å². The Morgan fingerprint density at radius 3 is 2.14 bits per heavy atom. The Bertz CT molecular complexity index is 876. The molecule has 0 aliphatic heterocycles. The molecule has 2 amide bonds. The van der Waals surface area contributed by atoms with Crippen LogP contribution in [0, 0.1) is 0 Å². The lowest BCUT2D eigenvalue weighted by Crippen LogP contribution is -2.34. The summed E-state index contributed by atoms with van der Waals surface area (Å²) in [6.07, 6.45) is 1.45. The Balaban J connectivity index is 1.90. The predicted octanol–water partition coefficient (Wildman–Crippen LogP) is 1.60. The fourth-order valence-electron chi connectivity index (χ4n) is 2.35. The summed E-state index contributed by atoms with van der Waals surface area (Å²) >= 11 is 0. The van der Waals surface area contributed by atoms with Crippen LogP contribution in [0.15, 0.2) is 41.5 Å². The zero-order valence-corrected chi connectivity index (χ0v) is 16.6. The van der Waals surface area contributed by atoms with Crippen LogP contribution < -0.4 is 29.7 Å². The first kappa shape index (κ1) is 21.5. The van der Waals surface area contributed by atoms with E-state index < -0.39 is 11.8 Å². The molecule has 0 bridgehead atoms. The third kappa shape index (κ3) is 6.13. The van der Waals surface area contributed by atoms with E-state index in [0.29, 0.717) is 34.1 Å². The maximum absolute atomic E-state index is 12.2. The average molecular weight is 401 g/mol. The normalized spacial score (nSPS) is 10.3. The first-order chi connectivity index (χ1) is 14.0. The second-order valence-electron chi connectivity index (χ2n) is 5.69. The lowest BCUT2D eigenvalue weighted by atomic mass is 10.2. The third-order valence-electron chi connectivity index (χ3n) is 3.83. The van der Waals surface area contributed by atoms with E-state index in [0.717, 1.165) is 0 Å². The van der Waals surface area contributed by atoms with Gasteiger partial charge in [-0.25, -0.2) is 5.43 Å². The topological polar surface area (TPSA) is 107 Å². The van der Waals surface area contributed by atoms with Crippen LogP contribution in [0.5, 0.6) is 23.0 Å². The molecule has 0 unspecified atom stereocenters. The molecule has 0 fully saturated rings. The smallest absolute Gasteiger partial charge is 0.259 e. The molecule has 29 heavy (non-hydrogen) atoms. The van der Waals surface area contributed by atoms with Gasteiger partial charge in [-0.05, 0) is 35.9 Å². The predicted molar refractivity (Wildman–Crippen MR) is 107 cm³/mol. The number of nitrogens with zero attached hydrogens (tertiary/aromatic N) is 1. The summed E-state index contributed by atoms with van der Waals surface area (Å²) in [5.41, 5.74) is 3.36. The zero-order chi connectivity index (χ0) is 21.2. The summed E-state index contributed by atoms with van der Waals surface area (Å²) in [6.45, 7) is -0.248. The molecule has 154 valence electrons. The highest BCUT2D eigenvalue weighted by Gasteiger charge is 2.11. The summed E-state index contributed by atoms with van der Waals surface area (Å²) in [7, 11) is 6.05. The Kier molecular flexibility index (Phi) is 7.84. The summed E-state index contributed by atoms with van der Waals surface area (Å²) in [4.78, 5) is 24.2. The summed E-state index contributed by atoms with van der Waals surface area (Å²) in [6, 6.07) is 9.94. The number of hydrazone groups is 1. The van der Waals surface area contributed by atoms with Crippen molar-refractivity contribution in [3.63, 3.8) is 0 Å². The number of nitrogens with one attached hydrogen (secondary N) is 2. The summed E-state index contributed by atoms with van der Waals surface area (Å²) in [5.74, 6) is 1.15. The minimum atomic E-state index is -0.482. The molecule has 0 spiro atoms. The van der Waals surface area contributed by atoms with Gasteiger partial charge in [-0.3, -0.25) is 9.59 Å². The molecule has 0 saturated heterocycles. The minimum Gasteiger partial charge on any atom is -0.497 e. The molecule has 0 atom stereocenters. The highest BCUT2D eigenvalue weighted by Crippen LogP contribution is 2.26. The molecule has 0 radical (unpaired) electrons. The maximum atomic E-state index is 12.2. The lowest BCUT2D eigenvalue weighted by molar-refractivity contribution is -0.120. The Labute approximate surface area is 168 Å². The molecule has 2 N–H and O–H groups in total. The van der Waals surface area contributed by atoms with Gasteiger partial charge < -0.3 is 24.3 Å². The van der Waals surface area contributed by atoms with Gasteiger partial charge in [-0.2, -0.15) is 5.10 Å². The molecule has 0 heterocycles. The standard InChI is InChI=1S/C20H23N3O6/c1-26-15-8-14(9-16(10-15)27-2)20(25)21-12-19(24)23-22-11-13-5-6-17(28-3)18(7-13)29-4/h5-11H,12H2,1-4H3,(H,21,25)(H,23,24)/b22-11+. The summed E-state index contributed by atoms with van der Waals surface area (Å²) < 4.78 is 20.6. The zero-order valence-electron chi connectivity index (χ0n) is 16.6. The van der Waals surface area contributed by atoms with Gasteiger partial charge in [0, 0.05) is 11.6 Å². The van der Waals surface area contributed by atoms with E-state index in [1.54, 1.807) is 43.5 Å². The molecule has 0 saturated carbocycles. The second-order valence-corrected chi connectivity index (χ2v) is 5.69. The van der Waals surface area contributed by atoms with Crippen molar-refractivity contribution in [2.24, 2.45) is 5.10 Å². The van der Waals surface area contributed by atoms with Crippen LogP contribution in [0.2, 0.25) is 0 Å². The molecule has 2 aromatic carbocycles. The number of methoxy groups -OCH3 is 4. The van der Waals surface area contributed by atoms with Crippen LogP contribution in [0.25, 0.3) is 0 Å². The van der Waals surface area contributed by atoms with Crippen molar-refractivity contribution in [1.29, 1.82) is 0 Å². The van der Waals surface area contributed by atoms with Gasteiger partial charge >= 0.3 is 0 Å². The van der Waals surface area contributed by atoms with Crippen molar-refractivity contribution in [2.75, 3.05) is 35.0 Å². The van der Waals surface area contributed by atoms with Gasteiger partial charge in [0.15, 0.2) is 11.5 Å². The van der Waals surface area contributed by atoms with Crippen molar-refractivity contribution in [3.05, 3.63) is 47.5 Å². The highest BCUT2D eigenvalue weighted by atomic mass is 16.5. The van der Waals surface area contributed by atoms with E-state index in [1.807, 2.05) is 0 Å². The summed E-state index contributed by atoms with van der Waals surface area (Å²) in [5, 5.41) is 6.38. The molecule has 2 aromatic rings. The quantitative estimate of drug-likeness (QED) is 0.488. The Hall–Kier alpha value is -3.75. The van der Waals surface area contributed by atoms with Gasteiger partial charge in [0.05, 0.1) is 41.2 Å². The second kappa shape index (κ2) is 10.5. The minimum absolute atomic E-state index is 0.248. The van der Waals surface area contributed by atoms with Crippen molar-refractivity contribution < 1.29 is 28.5 Å². The van der Waals surface area contributed by atoms with Crippen LogP contribution in [0.4, 0.5) is 0 Å². The van der Waals surface area contributed by atoms with Crippen molar-refractivity contribution in [1.82, 2.24) is 10.7 Å². The fraction of sp³-hybridized carbons (Fsp3) is 0.250. The maximum Gasteiger partial charge on any atom is 0.259 e. The molecular weight excluding hydrogens is 378 g/mol. The van der Waals surface area contributed by atoms with E-state index >= 15 is 0 Å². The van der Waals surface area contributed by atoms with E-state index in [9.17, 15) is 9.59 Å². The Morgan fingerprint density at radius 1 is 0.897 bits per heavy atom. The average Bonchev–Trinajstić information content (AvgIpc) is 2.76. The number of carbonyl (C=O) groups excluding carboxylic acids is 2. The van der Waals surface area contributed by atoms with Crippen molar-refractivity contribution >= 4 is 18.0 Å². The highest BCUT2D eigenvalue weighted by molar-refractivity contribution is 5.97. The Morgan fingerprint density at radius 2 is 1.55 bits per heavy atom. The van der Waals surface area contributed by atoms with Crippen LogP contribution in [-0.2, 0) is 4.79 Å². The van der Waals surface area contributed by atoms with Gasteiger partial charge in [0.2, 0.25) is 0 Å².